The smallest absolute Gasteiger partial charge is 0.0996 e. The van der Waals surface area contributed by atoms with Crippen molar-refractivity contribution >= 4 is 11.8 Å². The van der Waals surface area contributed by atoms with E-state index in [1.807, 2.05) is 35.3 Å². The fourth-order valence-corrected chi connectivity index (χ4v) is 2.14. The van der Waals surface area contributed by atoms with E-state index in [4.69, 9.17) is 4.74 Å². The average molecular weight is 234 g/mol. The molecule has 0 radical (unpaired) electrons. The number of ether oxygens (including phenoxy) is 1. The highest BCUT2D eigenvalue weighted by Crippen LogP contribution is 2.21. The largest absolute Gasteiger partial charge is 0.380 e. The number of benzene rings is 1. The summed E-state index contributed by atoms with van der Waals surface area (Å²) >= 11 is 1.68. The number of thioether (sulfide) groups is 1. The summed E-state index contributed by atoms with van der Waals surface area (Å²) in [6.07, 6.45) is 3.86. The molecule has 0 aliphatic carbocycles. The zero-order chi connectivity index (χ0) is 11.4. The SMILES string of the molecule is COCc1ccccc1-n1nccc1SC. The van der Waals surface area contributed by atoms with E-state index in [1.165, 1.54) is 0 Å². The quantitative estimate of drug-likeness (QED) is 0.761. The highest BCUT2D eigenvalue weighted by atomic mass is 32.2. The highest BCUT2D eigenvalue weighted by molar-refractivity contribution is 7.98. The Labute approximate surface area is 99.4 Å². The molecule has 2 rings (SSSR count). The first kappa shape index (κ1) is 11.2. The molecule has 1 heterocycles. The van der Waals surface area contributed by atoms with Gasteiger partial charge in [-0.15, -0.1) is 11.8 Å². The molecule has 2 aromatic rings. The minimum absolute atomic E-state index is 0.601. The molecule has 1 aromatic carbocycles. The van der Waals surface area contributed by atoms with Crippen molar-refractivity contribution in [2.45, 2.75) is 11.6 Å². The van der Waals surface area contributed by atoms with Gasteiger partial charge in [-0.3, -0.25) is 0 Å². The van der Waals surface area contributed by atoms with Gasteiger partial charge in [0.05, 0.1) is 23.5 Å². The van der Waals surface area contributed by atoms with E-state index in [9.17, 15) is 0 Å². The standard InChI is InChI=1S/C12H14N2OS/c1-15-9-10-5-3-4-6-11(10)14-12(16-2)7-8-13-14/h3-8H,9H2,1-2H3. The van der Waals surface area contributed by atoms with Crippen LogP contribution < -0.4 is 0 Å². The Morgan fingerprint density at radius 1 is 1.31 bits per heavy atom. The van der Waals surface area contributed by atoms with E-state index in [0.29, 0.717) is 6.61 Å². The summed E-state index contributed by atoms with van der Waals surface area (Å²) in [6.45, 7) is 0.601. The van der Waals surface area contributed by atoms with Crippen molar-refractivity contribution in [2.24, 2.45) is 0 Å². The molecule has 0 spiro atoms. The Hall–Kier alpha value is -1.26. The van der Waals surface area contributed by atoms with E-state index in [-0.39, 0.29) is 0 Å². The lowest BCUT2D eigenvalue weighted by Crippen LogP contribution is -2.03. The zero-order valence-corrected chi connectivity index (χ0v) is 10.2. The van der Waals surface area contributed by atoms with E-state index >= 15 is 0 Å². The number of nitrogens with zero attached hydrogens (tertiary/aromatic N) is 2. The highest BCUT2D eigenvalue weighted by Gasteiger charge is 2.07. The van der Waals surface area contributed by atoms with E-state index < -0.39 is 0 Å². The Morgan fingerprint density at radius 3 is 2.88 bits per heavy atom. The molecule has 0 aliphatic rings. The molecule has 0 saturated carbocycles. The summed E-state index contributed by atoms with van der Waals surface area (Å²) in [4.78, 5) is 0. The van der Waals surface area contributed by atoms with Crippen LogP contribution in [0.25, 0.3) is 5.69 Å². The number of methoxy groups -OCH3 is 1. The summed E-state index contributed by atoms with van der Waals surface area (Å²) in [7, 11) is 1.70. The molecule has 0 N–H and O–H groups in total. The van der Waals surface area contributed by atoms with Crippen LogP contribution in [0.4, 0.5) is 0 Å². The van der Waals surface area contributed by atoms with Crippen LogP contribution in [-0.4, -0.2) is 23.1 Å². The Morgan fingerprint density at radius 2 is 2.12 bits per heavy atom. The monoisotopic (exact) mass is 234 g/mol. The predicted octanol–water partition coefficient (Wildman–Crippen LogP) is 2.74. The van der Waals surface area contributed by atoms with Gasteiger partial charge >= 0.3 is 0 Å². The first-order valence-electron chi connectivity index (χ1n) is 5.02. The second-order valence-corrected chi connectivity index (χ2v) is 4.17. The zero-order valence-electron chi connectivity index (χ0n) is 9.38. The van der Waals surface area contributed by atoms with Crippen molar-refractivity contribution in [1.82, 2.24) is 9.78 Å². The van der Waals surface area contributed by atoms with Gasteiger partial charge in [-0.2, -0.15) is 5.10 Å². The summed E-state index contributed by atoms with van der Waals surface area (Å²) < 4.78 is 7.14. The van der Waals surface area contributed by atoms with Gasteiger partial charge in [-0.1, -0.05) is 18.2 Å². The Balaban J connectivity index is 2.46. The van der Waals surface area contributed by atoms with Gasteiger partial charge in [0, 0.05) is 12.7 Å². The maximum Gasteiger partial charge on any atom is 0.0996 e. The second kappa shape index (κ2) is 5.18. The molecule has 0 saturated heterocycles. The molecule has 84 valence electrons. The lowest BCUT2D eigenvalue weighted by molar-refractivity contribution is 0.184. The normalized spacial score (nSPS) is 10.6. The van der Waals surface area contributed by atoms with Crippen molar-refractivity contribution in [3.05, 3.63) is 42.1 Å². The number of aromatic nitrogens is 2. The van der Waals surface area contributed by atoms with Gasteiger partial charge in [0.1, 0.15) is 0 Å². The maximum atomic E-state index is 5.19. The molecule has 3 nitrogen and oxygen atoms in total. The van der Waals surface area contributed by atoms with Gasteiger partial charge in [-0.05, 0) is 18.4 Å². The summed E-state index contributed by atoms with van der Waals surface area (Å²) in [5.74, 6) is 0. The third-order valence-corrected chi connectivity index (χ3v) is 3.06. The van der Waals surface area contributed by atoms with Crippen LogP contribution in [0.15, 0.2) is 41.6 Å². The molecule has 0 unspecified atom stereocenters. The summed E-state index contributed by atoms with van der Waals surface area (Å²) in [5.41, 5.74) is 2.22. The molecular formula is C12H14N2OS. The van der Waals surface area contributed by atoms with Gasteiger partial charge in [0.15, 0.2) is 0 Å². The van der Waals surface area contributed by atoms with Gasteiger partial charge in [0.2, 0.25) is 0 Å². The van der Waals surface area contributed by atoms with Crippen LogP contribution in [0.2, 0.25) is 0 Å². The third kappa shape index (κ3) is 2.13. The predicted molar refractivity (Wildman–Crippen MR) is 66.1 cm³/mol. The molecule has 0 amide bonds. The molecule has 16 heavy (non-hydrogen) atoms. The van der Waals surface area contributed by atoms with Crippen molar-refractivity contribution in [3.63, 3.8) is 0 Å². The number of para-hydroxylation sites is 1. The lowest BCUT2D eigenvalue weighted by Gasteiger charge is -2.10. The van der Waals surface area contributed by atoms with Crippen molar-refractivity contribution in [1.29, 1.82) is 0 Å². The molecule has 0 bridgehead atoms. The minimum atomic E-state index is 0.601. The Bertz CT molecular complexity index is 468. The molecule has 1 aromatic heterocycles. The molecule has 0 aliphatic heterocycles. The first-order chi connectivity index (χ1) is 7.86. The van der Waals surface area contributed by atoms with Crippen LogP contribution in [0.5, 0.6) is 0 Å². The van der Waals surface area contributed by atoms with E-state index in [0.717, 1.165) is 16.3 Å². The fourth-order valence-electron chi connectivity index (χ4n) is 1.62. The number of rotatable bonds is 4. The van der Waals surface area contributed by atoms with Crippen molar-refractivity contribution in [3.8, 4) is 5.69 Å². The van der Waals surface area contributed by atoms with Crippen molar-refractivity contribution in [2.75, 3.05) is 13.4 Å². The molecule has 0 fully saturated rings. The fraction of sp³-hybridized carbons (Fsp3) is 0.250. The van der Waals surface area contributed by atoms with Crippen LogP contribution in [0, 0.1) is 0 Å². The number of hydrogen-bond acceptors (Lipinski definition) is 3. The first-order valence-corrected chi connectivity index (χ1v) is 6.24. The van der Waals surface area contributed by atoms with Crippen LogP contribution in [-0.2, 0) is 11.3 Å². The average Bonchev–Trinajstić information content (AvgIpc) is 2.78. The second-order valence-electron chi connectivity index (χ2n) is 3.35. The summed E-state index contributed by atoms with van der Waals surface area (Å²) in [6, 6.07) is 10.2. The topological polar surface area (TPSA) is 27.1 Å². The van der Waals surface area contributed by atoms with Crippen molar-refractivity contribution < 1.29 is 4.74 Å². The van der Waals surface area contributed by atoms with Gasteiger partial charge < -0.3 is 4.74 Å². The minimum Gasteiger partial charge on any atom is -0.380 e. The van der Waals surface area contributed by atoms with Crippen LogP contribution in [0.1, 0.15) is 5.56 Å². The summed E-state index contributed by atoms with van der Waals surface area (Å²) in [5, 5.41) is 5.47. The van der Waals surface area contributed by atoms with Crippen LogP contribution in [0.3, 0.4) is 0 Å². The van der Waals surface area contributed by atoms with Gasteiger partial charge in [-0.25, -0.2) is 4.68 Å². The van der Waals surface area contributed by atoms with Gasteiger partial charge in [0.25, 0.3) is 0 Å². The lowest BCUT2D eigenvalue weighted by atomic mass is 10.2. The van der Waals surface area contributed by atoms with E-state index in [2.05, 4.69) is 17.2 Å². The third-order valence-electron chi connectivity index (χ3n) is 2.34. The molecule has 4 heteroatoms. The molecule has 0 atom stereocenters. The van der Waals surface area contributed by atoms with E-state index in [1.54, 1.807) is 18.9 Å². The molecular weight excluding hydrogens is 220 g/mol. The maximum absolute atomic E-state index is 5.19. The Kier molecular flexibility index (Phi) is 3.64. The van der Waals surface area contributed by atoms with Crippen LogP contribution >= 0.6 is 11.8 Å². The number of hydrogen-bond donors (Lipinski definition) is 0.